The Bertz CT molecular complexity index is 568. The van der Waals surface area contributed by atoms with E-state index in [2.05, 4.69) is 5.32 Å². The SMILES string of the molecule is CCOc1ccc(CCNC(=O)CC2(CN)CCCCC2)cc1OCC. The molecule has 0 radical (unpaired) electrons. The molecule has 1 fully saturated rings. The fraction of sp³-hybridized carbons (Fsp3) is 0.667. The summed E-state index contributed by atoms with van der Waals surface area (Å²) >= 11 is 0. The summed E-state index contributed by atoms with van der Waals surface area (Å²) in [6.07, 6.45) is 7.13. The molecule has 1 aromatic rings. The molecule has 5 heteroatoms. The van der Waals surface area contributed by atoms with Crippen LogP contribution >= 0.6 is 0 Å². The molecule has 146 valence electrons. The largest absolute Gasteiger partial charge is 0.490 e. The first-order chi connectivity index (χ1) is 12.6. The summed E-state index contributed by atoms with van der Waals surface area (Å²) in [5, 5.41) is 3.06. The molecule has 1 aliphatic carbocycles. The molecule has 0 atom stereocenters. The highest BCUT2D eigenvalue weighted by atomic mass is 16.5. The lowest BCUT2D eigenvalue weighted by Gasteiger charge is -2.35. The van der Waals surface area contributed by atoms with Crippen LogP contribution in [0.1, 0.15) is 57.9 Å². The van der Waals surface area contributed by atoms with Gasteiger partial charge in [0.15, 0.2) is 11.5 Å². The van der Waals surface area contributed by atoms with Gasteiger partial charge < -0.3 is 20.5 Å². The van der Waals surface area contributed by atoms with Crippen LogP contribution in [-0.4, -0.2) is 32.2 Å². The highest BCUT2D eigenvalue weighted by Gasteiger charge is 2.32. The molecule has 1 aromatic carbocycles. The maximum atomic E-state index is 12.4. The van der Waals surface area contributed by atoms with Gasteiger partial charge in [-0.25, -0.2) is 0 Å². The Morgan fingerprint density at radius 3 is 2.46 bits per heavy atom. The zero-order valence-electron chi connectivity index (χ0n) is 16.3. The second-order valence-electron chi connectivity index (χ2n) is 7.19. The normalized spacial score (nSPS) is 16.1. The Balaban J connectivity index is 1.84. The van der Waals surface area contributed by atoms with Crippen LogP contribution in [0.2, 0.25) is 0 Å². The average Bonchev–Trinajstić information content (AvgIpc) is 2.65. The van der Waals surface area contributed by atoms with Crippen LogP contribution in [-0.2, 0) is 11.2 Å². The van der Waals surface area contributed by atoms with Gasteiger partial charge in [0.05, 0.1) is 13.2 Å². The van der Waals surface area contributed by atoms with E-state index in [1.807, 2.05) is 32.0 Å². The third-order valence-electron chi connectivity index (χ3n) is 5.23. The first-order valence-electron chi connectivity index (χ1n) is 9.98. The van der Waals surface area contributed by atoms with E-state index in [-0.39, 0.29) is 11.3 Å². The van der Waals surface area contributed by atoms with Crippen molar-refractivity contribution in [3.05, 3.63) is 23.8 Å². The van der Waals surface area contributed by atoms with Gasteiger partial charge in [-0.05, 0) is 62.8 Å². The lowest BCUT2D eigenvalue weighted by atomic mass is 9.71. The highest BCUT2D eigenvalue weighted by molar-refractivity contribution is 5.76. The molecule has 0 bridgehead atoms. The Kier molecular flexibility index (Phi) is 8.23. The van der Waals surface area contributed by atoms with Crippen LogP contribution in [0.3, 0.4) is 0 Å². The van der Waals surface area contributed by atoms with Crippen molar-refractivity contribution in [1.82, 2.24) is 5.32 Å². The van der Waals surface area contributed by atoms with Crippen LogP contribution in [0, 0.1) is 5.41 Å². The number of nitrogens with one attached hydrogen (secondary N) is 1. The Morgan fingerprint density at radius 2 is 1.81 bits per heavy atom. The minimum Gasteiger partial charge on any atom is -0.490 e. The number of carbonyl (C=O) groups is 1. The molecule has 0 aliphatic heterocycles. The van der Waals surface area contributed by atoms with Crippen molar-refractivity contribution in [3.63, 3.8) is 0 Å². The second kappa shape index (κ2) is 10.4. The minimum atomic E-state index is 0.0175. The quantitative estimate of drug-likeness (QED) is 0.669. The molecule has 2 rings (SSSR count). The fourth-order valence-electron chi connectivity index (χ4n) is 3.76. The van der Waals surface area contributed by atoms with Crippen molar-refractivity contribution < 1.29 is 14.3 Å². The summed E-state index contributed by atoms with van der Waals surface area (Å²) in [7, 11) is 0. The van der Waals surface area contributed by atoms with Gasteiger partial charge in [0.2, 0.25) is 5.91 Å². The molecule has 1 aliphatic rings. The van der Waals surface area contributed by atoms with Crippen LogP contribution in [0.4, 0.5) is 0 Å². The first-order valence-corrected chi connectivity index (χ1v) is 9.98. The summed E-state index contributed by atoms with van der Waals surface area (Å²) in [5.74, 6) is 1.65. The van der Waals surface area contributed by atoms with Gasteiger partial charge in [0.1, 0.15) is 0 Å². The summed E-state index contributed by atoms with van der Waals surface area (Å²) in [5.41, 5.74) is 7.13. The van der Waals surface area contributed by atoms with Gasteiger partial charge in [-0.2, -0.15) is 0 Å². The maximum Gasteiger partial charge on any atom is 0.220 e. The van der Waals surface area contributed by atoms with Gasteiger partial charge in [-0.15, -0.1) is 0 Å². The van der Waals surface area contributed by atoms with Crippen molar-refractivity contribution in [2.75, 3.05) is 26.3 Å². The van der Waals surface area contributed by atoms with Crippen LogP contribution < -0.4 is 20.5 Å². The second-order valence-corrected chi connectivity index (χ2v) is 7.19. The lowest BCUT2D eigenvalue weighted by molar-refractivity contribution is -0.123. The van der Waals surface area contributed by atoms with Gasteiger partial charge >= 0.3 is 0 Å². The van der Waals surface area contributed by atoms with Gasteiger partial charge in [-0.3, -0.25) is 4.79 Å². The highest BCUT2D eigenvalue weighted by Crippen LogP contribution is 2.38. The number of nitrogens with two attached hydrogens (primary N) is 1. The first kappa shape index (κ1) is 20.6. The van der Waals surface area contributed by atoms with E-state index >= 15 is 0 Å². The van der Waals surface area contributed by atoms with Crippen LogP contribution in [0.15, 0.2) is 18.2 Å². The van der Waals surface area contributed by atoms with E-state index < -0.39 is 0 Å². The van der Waals surface area contributed by atoms with Gasteiger partial charge in [0, 0.05) is 13.0 Å². The summed E-state index contributed by atoms with van der Waals surface area (Å²) in [6, 6.07) is 5.97. The minimum absolute atomic E-state index is 0.0175. The van der Waals surface area contributed by atoms with Crippen molar-refractivity contribution in [2.24, 2.45) is 11.1 Å². The van der Waals surface area contributed by atoms with Crippen molar-refractivity contribution in [3.8, 4) is 11.5 Å². The summed E-state index contributed by atoms with van der Waals surface area (Å²) in [6.45, 7) is 6.36. The molecule has 0 heterocycles. The lowest BCUT2D eigenvalue weighted by Crippen LogP contribution is -2.39. The standard InChI is InChI=1S/C21H34N2O3/c1-3-25-18-9-8-17(14-19(18)26-4-2)10-13-23-20(24)15-21(16-22)11-6-5-7-12-21/h8-9,14H,3-7,10-13,15-16,22H2,1-2H3,(H,23,24). The number of hydrogen-bond donors (Lipinski definition) is 2. The number of carbonyl (C=O) groups excluding carboxylic acids is 1. The van der Waals surface area contributed by atoms with Gasteiger partial charge in [-0.1, -0.05) is 25.3 Å². The van der Waals surface area contributed by atoms with E-state index in [9.17, 15) is 4.79 Å². The van der Waals surface area contributed by atoms with Crippen molar-refractivity contribution >= 4 is 5.91 Å². The van der Waals surface area contributed by atoms with Crippen molar-refractivity contribution in [1.29, 1.82) is 0 Å². The van der Waals surface area contributed by atoms with E-state index in [4.69, 9.17) is 15.2 Å². The Hall–Kier alpha value is -1.75. The Morgan fingerprint density at radius 1 is 1.12 bits per heavy atom. The number of hydrogen-bond acceptors (Lipinski definition) is 4. The van der Waals surface area contributed by atoms with Crippen molar-refractivity contribution in [2.45, 2.75) is 58.8 Å². The molecule has 3 N–H and O–H groups in total. The molecule has 5 nitrogen and oxygen atoms in total. The van der Waals surface area contributed by atoms with E-state index in [1.165, 1.54) is 19.3 Å². The molecule has 0 aromatic heterocycles. The molecule has 26 heavy (non-hydrogen) atoms. The predicted octanol–water partition coefficient (Wildman–Crippen LogP) is 3.44. The van der Waals surface area contributed by atoms with E-state index in [0.717, 1.165) is 36.3 Å². The zero-order chi connectivity index (χ0) is 18.8. The number of ether oxygens (including phenoxy) is 2. The van der Waals surface area contributed by atoms with E-state index in [1.54, 1.807) is 0 Å². The Labute approximate surface area is 157 Å². The predicted molar refractivity (Wildman–Crippen MR) is 105 cm³/mol. The molecule has 0 unspecified atom stereocenters. The molecular weight excluding hydrogens is 328 g/mol. The number of benzene rings is 1. The number of rotatable bonds is 10. The smallest absolute Gasteiger partial charge is 0.220 e. The molecule has 1 amide bonds. The monoisotopic (exact) mass is 362 g/mol. The fourth-order valence-corrected chi connectivity index (χ4v) is 3.76. The van der Waals surface area contributed by atoms with E-state index in [0.29, 0.717) is 32.7 Å². The van der Waals surface area contributed by atoms with Crippen LogP contribution in [0.5, 0.6) is 11.5 Å². The average molecular weight is 363 g/mol. The molecule has 0 spiro atoms. The topological polar surface area (TPSA) is 73.6 Å². The third kappa shape index (κ3) is 5.90. The molecule has 0 saturated heterocycles. The summed E-state index contributed by atoms with van der Waals surface area (Å²) < 4.78 is 11.2. The third-order valence-corrected chi connectivity index (χ3v) is 5.23. The zero-order valence-corrected chi connectivity index (χ0v) is 16.3. The van der Waals surface area contributed by atoms with Gasteiger partial charge in [0.25, 0.3) is 0 Å². The summed E-state index contributed by atoms with van der Waals surface area (Å²) in [4.78, 5) is 12.4. The number of amides is 1. The maximum absolute atomic E-state index is 12.4. The molecular formula is C21H34N2O3. The van der Waals surface area contributed by atoms with Crippen LogP contribution in [0.25, 0.3) is 0 Å². The molecule has 1 saturated carbocycles.